The molecule has 208 valence electrons. The first-order chi connectivity index (χ1) is 18.0. The Balaban J connectivity index is 1.79. The van der Waals surface area contributed by atoms with Gasteiger partial charge < -0.3 is 21.3 Å². The van der Waals surface area contributed by atoms with Crippen LogP contribution in [0.2, 0.25) is 0 Å². The Hall–Kier alpha value is -3.66. The number of phenols is 1. The minimum atomic E-state index is -2.73. The van der Waals surface area contributed by atoms with Gasteiger partial charge in [0.25, 0.3) is 0 Å². The van der Waals surface area contributed by atoms with Crippen molar-refractivity contribution in [3.8, 4) is 5.75 Å². The maximum Gasteiger partial charge on any atom is 0.244 e. The SMILES string of the molecule is CC(C)[C@@H]1C(=O)C(C(N)=O)C(=O)[C@@]2(O)C(=O)C3C(=O)c4c(O)ccc(C=CC(=O)NC(C)(C)C)c4C[C@H]3C[C@@H]12. The quantitative estimate of drug-likeness (QED) is 0.325. The third-order valence-corrected chi connectivity index (χ3v) is 8.14. The van der Waals surface area contributed by atoms with Gasteiger partial charge in [0.2, 0.25) is 11.8 Å². The van der Waals surface area contributed by atoms with Crippen LogP contribution in [0.4, 0.5) is 0 Å². The fraction of sp³-hybridized carbons (Fsp3) is 0.517. The van der Waals surface area contributed by atoms with E-state index < -0.39 is 75.7 Å². The molecule has 3 aliphatic rings. The monoisotopic (exact) mass is 538 g/mol. The zero-order chi connectivity index (χ0) is 29.2. The van der Waals surface area contributed by atoms with E-state index in [0.717, 1.165) is 0 Å². The van der Waals surface area contributed by atoms with E-state index in [1.54, 1.807) is 19.9 Å². The Morgan fingerprint density at radius 3 is 2.33 bits per heavy atom. The molecule has 6 atom stereocenters. The van der Waals surface area contributed by atoms with E-state index in [1.165, 1.54) is 18.2 Å². The number of amides is 2. The minimum absolute atomic E-state index is 0.00673. The average molecular weight is 539 g/mol. The molecule has 10 heteroatoms. The molecule has 0 aromatic heterocycles. The summed E-state index contributed by atoms with van der Waals surface area (Å²) in [7, 11) is 0. The van der Waals surface area contributed by atoms with Crippen LogP contribution in [0.1, 0.15) is 62.5 Å². The molecule has 0 heterocycles. The van der Waals surface area contributed by atoms with E-state index in [-0.39, 0.29) is 30.1 Å². The number of hydrogen-bond acceptors (Lipinski definition) is 8. The summed E-state index contributed by atoms with van der Waals surface area (Å²) in [5.74, 6) is -12.5. The molecular formula is C29H34N2O8. The first kappa shape index (κ1) is 28.4. The van der Waals surface area contributed by atoms with Crippen molar-refractivity contribution in [1.82, 2.24) is 5.32 Å². The molecule has 4 rings (SSSR count). The molecule has 3 aliphatic carbocycles. The van der Waals surface area contributed by atoms with Gasteiger partial charge in [-0.3, -0.25) is 28.8 Å². The molecular weight excluding hydrogens is 504 g/mol. The van der Waals surface area contributed by atoms with Crippen molar-refractivity contribution in [2.45, 2.75) is 58.6 Å². The van der Waals surface area contributed by atoms with Gasteiger partial charge in [-0.05, 0) is 68.7 Å². The van der Waals surface area contributed by atoms with Crippen LogP contribution in [0.5, 0.6) is 5.75 Å². The normalized spacial score (nSPS) is 30.7. The Bertz CT molecular complexity index is 1340. The summed E-state index contributed by atoms with van der Waals surface area (Å²) in [5.41, 5.74) is 2.97. The number of aromatic hydroxyl groups is 1. The third-order valence-electron chi connectivity index (χ3n) is 8.14. The molecule has 2 amide bonds. The van der Waals surface area contributed by atoms with Crippen LogP contribution >= 0.6 is 0 Å². The number of ketones is 4. The Kier molecular flexibility index (Phi) is 6.92. The van der Waals surface area contributed by atoms with E-state index >= 15 is 0 Å². The molecule has 0 radical (unpaired) electrons. The first-order valence-electron chi connectivity index (χ1n) is 13.0. The van der Waals surface area contributed by atoms with Gasteiger partial charge in [0.15, 0.2) is 34.7 Å². The van der Waals surface area contributed by atoms with Crippen LogP contribution in [0.25, 0.3) is 6.08 Å². The van der Waals surface area contributed by atoms with Crippen molar-refractivity contribution >= 4 is 41.0 Å². The zero-order valence-electron chi connectivity index (χ0n) is 22.6. The standard InChI is InChI=1S/C29H34N2O8/c1-12(2)19-16-11-14-10-15-13(7-9-18(33)31-28(3,4)5)6-8-17(32)21(15)24(35)20(14)25(36)29(16,39)26(37)22(23(19)34)27(30)38/h6-9,12,14,16,19-20,22,32,39H,10-11H2,1-5H3,(H2,30,38)(H,31,33)/t14-,16-,19-,20?,22?,29-/m0/s1. The first-order valence-corrected chi connectivity index (χ1v) is 13.0. The van der Waals surface area contributed by atoms with Crippen molar-refractivity contribution < 1.29 is 39.0 Å². The molecule has 10 nitrogen and oxygen atoms in total. The fourth-order valence-electron chi connectivity index (χ4n) is 6.61. The number of primary amides is 1. The number of nitrogens with one attached hydrogen (secondary N) is 1. The molecule has 39 heavy (non-hydrogen) atoms. The average Bonchev–Trinajstić information content (AvgIpc) is 2.79. The van der Waals surface area contributed by atoms with E-state index in [1.807, 2.05) is 20.8 Å². The number of Topliss-reactive ketones (excluding diaryl/α,β-unsaturated/α-hetero) is 4. The highest BCUT2D eigenvalue weighted by Gasteiger charge is 2.69. The molecule has 0 saturated heterocycles. The fourth-order valence-corrected chi connectivity index (χ4v) is 6.61. The van der Waals surface area contributed by atoms with E-state index in [9.17, 15) is 39.0 Å². The number of hydrogen-bond donors (Lipinski definition) is 4. The number of nitrogens with two attached hydrogens (primary N) is 1. The number of carbonyl (C=O) groups is 6. The van der Waals surface area contributed by atoms with Crippen LogP contribution < -0.4 is 11.1 Å². The topological polar surface area (TPSA) is 181 Å². The third kappa shape index (κ3) is 4.50. The highest BCUT2D eigenvalue weighted by molar-refractivity contribution is 6.32. The number of benzene rings is 1. The molecule has 2 fully saturated rings. The van der Waals surface area contributed by atoms with Crippen molar-refractivity contribution in [2.24, 2.45) is 41.2 Å². The lowest BCUT2D eigenvalue weighted by Crippen LogP contribution is -2.71. The van der Waals surface area contributed by atoms with E-state index in [4.69, 9.17) is 5.73 Å². The second-order valence-corrected chi connectivity index (χ2v) is 12.3. The van der Waals surface area contributed by atoms with Crippen LogP contribution in [0.15, 0.2) is 18.2 Å². The zero-order valence-corrected chi connectivity index (χ0v) is 22.6. The molecule has 0 aliphatic heterocycles. The lowest BCUT2D eigenvalue weighted by Gasteiger charge is -2.52. The molecule has 1 aromatic carbocycles. The van der Waals surface area contributed by atoms with Crippen LogP contribution in [-0.4, -0.2) is 56.3 Å². The lowest BCUT2D eigenvalue weighted by atomic mass is 9.49. The van der Waals surface area contributed by atoms with Gasteiger partial charge in [-0.1, -0.05) is 19.9 Å². The maximum atomic E-state index is 13.8. The summed E-state index contributed by atoms with van der Waals surface area (Å²) in [6.45, 7) is 8.88. The number of phenolic OH excluding ortho intramolecular Hbond substituents is 1. The van der Waals surface area contributed by atoms with Crippen LogP contribution in [-0.2, 0) is 30.4 Å². The number of fused-ring (bicyclic) bond motifs is 3. The summed E-state index contributed by atoms with van der Waals surface area (Å²) in [5, 5.41) is 25.0. The van der Waals surface area contributed by atoms with Crippen molar-refractivity contribution in [1.29, 1.82) is 0 Å². The lowest BCUT2D eigenvalue weighted by molar-refractivity contribution is -0.182. The molecule has 0 bridgehead atoms. The van der Waals surface area contributed by atoms with Crippen molar-refractivity contribution in [2.75, 3.05) is 0 Å². The second kappa shape index (κ2) is 9.51. The van der Waals surface area contributed by atoms with Gasteiger partial charge in [0.1, 0.15) is 5.75 Å². The number of carbonyl (C=O) groups excluding carboxylic acids is 6. The van der Waals surface area contributed by atoms with Crippen molar-refractivity contribution in [3.63, 3.8) is 0 Å². The smallest absolute Gasteiger partial charge is 0.244 e. The van der Waals surface area contributed by atoms with Gasteiger partial charge in [-0.2, -0.15) is 0 Å². The highest BCUT2D eigenvalue weighted by atomic mass is 16.3. The minimum Gasteiger partial charge on any atom is -0.507 e. The number of aliphatic hydroxyl groups is 1. The summed E-state index contributed by atoms with van der Waals surface area (Å²) < 4.78 is 0. The highest BCUT2D eigenvalue weighted by Crippen LogP contribution is 2.53. The largest absolute Gasteiger partial charge is 0.507 e. The van der Waals surface area contributed by atoms with Crippen LogP contribution in [0.3, 0.4) is 0 Å². The molecule has 2 saturated carbocycles. The Labute approximate surface area is 226 Å². The summed E-state index contributed by atoms with van der Waals surface area (Å²) in [4.78, 5) is 78.5. The summed E-state index contributed by atoms with van der Waals surface area (Å²) in [6, 6.07) is 2.84. The Morgan fingerprint density at radius 2 is 1.77 bits per heavy atom. The Morgan fingerprint density at radius 1 is 1.13 bits per heavy atom. The van der Waals surface area contributed by atoms with E-state index in [2.05, 4.69) is 5.32 Å². The molecule has 2 unspecified atom stereocenters. The van der Waals surface area contributed by atoms with Crippen LogP contribution in [0, 0.1) is 35.5 Å². The predicted octanol–water partition coefficient (Wildman–Crippen LogP) is 1.14. The van der Waals surface area contributed by atoms with E-state index in [0.29, 0.717) is 11.1 Å². The second-order valence-electron chi connectivity index (χ2n) is 12.3. The molecule has 5 N–H and O–H groups in total. The molecule has 0 spiro atoms. The van der Waals surface area contributed by atoms with Crippen molar-refractivity contribution in [3.05, 3.63) is 34.9 Å². The summed E-state index contributed by atoms with van der Waals surface area (Å²) in [6.07, 6.45) is 2.96. The van der Waals surface area contributed by atoms with Gasteiger partial charge in [0.05, 0.1) is 11.5 Å². The number of rotatable bonds is 4. The van der Waals surface area contributed by atoms with Gasteiger partial charge in [0, 0.05) is 23.5 Å². The summed E-state index contributed by atoms with van der Waals surface area (Å²) >= 11 is 0. The predicted molar refractivity (Wildman–Crippen MR) is 139 cm³/mol. The van der Waals surface area contributed by atoms with Gasteiger partial charge in [-0.15, -0.1) is 0 Å². The molecule has 1 aromatic rings. The van der Waals surface area contributed by atoms with Gasteiger partial charge >= 0.3 is 0 Å². The van der Waals surface area contributed by atoms with Gasteiger partial charge in [-0.25, -0.2) is 0 Å². The maximum absolute atomic E-state index is 13.8.